The van der Waals surface area contributed by atoms with Gasteiger partial charge in [-0.3, -0.25) is 10.1 Å². The SMILES string of the molecule is CCC(C)[C@H](N)c1cc(OC)c(O)c([N+](=O)[O-])c1.Cl. The second kappa shape index (κ2) is 7.16. The largest absolute Gasteiger partial charge is 0.500 e. The number of nitro groups is 1. The lowest BCUT2D eigenvalue weighted by Crippen LogP contribution is -2.18. The van der Waals surface area contributed by atoms with E-state index < -0.39 is 10.7 Å². The molecule has 0 spiro atoms. The van der Waals surface area contributed by atoms with Gasteiger partial charge in [0, 0.05) is 12.1 Å². The zero-order chi connectivity index (χ0) is 13.9. The van der Waals surface area contributed by atoms with Crippen LogP contribution in [0.15, 0.2) is 12.1 Å². The van der Waals surface area contributed by atoms with Crippen molar-refractivity contribution in [1.82, 2.24) is 0 Å². The number of ether oxygens (including phenoxy) is 1. The standard InChI is InChI=1S/C12H18N2O4.ClH/c1-4-7(2)11(13)8-5-9(14(16)17)12(15)10(6-8)18-3;/h5-7,11,15H,4,13H2,1-3H3;1H/t7?,11-;/m0./s1. The predicted molar refractivity (Wildman–Crippen MR) is 74.9 cm³/mol. The van der Waals surface area contributed by atoms with E-state index >= 15 is 0 Å². The maximum atomic E-state index is 10.9. The average molecular weight is 291 g/mol. The van der Waals surface area contributed by atoms with Gasteiger partial charge in [0.2, 0.25) is 5.75 Å². The fourth-order valence-corrected chi connectivity index (χ4v) is 1.68. The number of rotatable bonds is 5. The molecule has 1 rings (SSSR count). The lowest BCUT2D eigenvalue weighted by molar-refractivity contribution is -0.386. The van der Waals surface area contributed by atoms with Crippen LogP contribution in [0.25, 0.3) is 0 Å². The van der Waals surface area contributed by atoms with E-state index in [-0.39, 0.29) is 35.8 Å². The fourth-order valence-electron chi connectivity index (χ4n) is 1.68. The molecule has 2 atom stereocenters. The molecule has 0 aliphatic rings. The first-order valence-electron chi connectivity index (χ1n) is 5.73. The molecule has 1 unspecified atom stereocenters. The average Bonchev–Trinajstić information content (AvgIpc) is 2.36. The summed E-state index contributed by atoms with van der Waals surface area (Å²) in [5, 5.41) is 20.5. The highest BCUT2D eigenvalue weighted by molar-refractivity contribution is 5.85. The van der Waals surface area contributed by atoms with Crippen LogP contribution in [0, 0.1) is 16.0 Å². The topological polar surface area (TPSA) is 98.6 Å². The third kappa shape index (κ3) is 3.71. The molecular formula is C12H19ClN2O4. The second-order valence-electron chi connectivity index (χ2n) is 4.26. The van der Waals surface area contributed by atoms with Gasteiger partial charge in [-0.25, -0.2) is 0 Å². The minimum absolute atomic E-state index is 0. The summed E-state index contributed by atoms with van der Waals surface area (Å²) in [6.07, 6.45) is 0.859. The first-order chi connectivity index (χ1) is 8.42. The molecule has 0 radical (unpaired) electrons. The molecule has 0 aliphatic heterocycles. The number of nitrogens with zero attached hydrogens (tertiary/aromatic N) is 1. The van der Waals surface area contributed by atoms with Gasteiger partial charge in [0.25, 0.3) is 0 Å². The number of hydrogen-bond donors (Lipinski definition) is 2. The molecule has 0 heterocycles. The second-order valence-corrected chi connectivity index (χ2v) is 4.26. The maximum Gasteiger partial charge on any atom is 0.314 e. The van der Waals surface area contributed by atoms with E-state index in [1.807, 2.05) is 13.8 Å². The Morgan fingerprint density at radius 3 is 2.53 bits per heavy atom. The number of nitrogens with two attached hydrogens (primary N) is 1. The number of phenols is 1. The van der Waals surface area contributed by atoms with Gasteiger partial charge in [-0.15, -0.1) is 12.4 Å². The summed E-state index contributed by atoms with van der Waals surface area (Å²) in [5.41, 5.74) is 6.23. The highest BCUT2D eigenvalue weighted by Gasteiger charge is 2.23. The van der Waals surface area contributed by atoms with Crippen LogP contribution in [-0.4, -0.2) is 17.1 Å². The van der Waals surface area contributed by atoms with Crippen molar-refractivity contribution in [2.75, 3.05) is 7.11 Å². The van der Waals surface area contributed by atoms with Crippen molar-refractivity contribution < 1.29 is 14.8 Å². The minimum Gasteiger partial charge on any atom is -0.500 e. The van der Waals surface area contributed by atoms with Crippen molar-refractivity contribution in [2.45, 2.75) is 26.3 Å². The summed E-state index contributed by atoms with van der Waals surface area (Å²) in [4.78, 5) is 10.2. The Kier molecular flexibility index (Phi) is 6.58. The smallest absolute Gasteiger partial charge is 0.314 e. The molecule has 0 saturated heterocycles. The Balaban J connectivity index is 0.00000324. The number of halogens is 1. The van der Waals surface area contributed by atoms with Crippen LogP contribution in [0.2, 0.25) is 0 Å². The lowest BCUT2D eigenvalue weighted by atomic mass is 9.93. The van der Waals surface area contributed by atoms with Crippen LogP contribution in [0.3, 0.4) is 0 Å². The summed E-state index contributed by atoms with van der Waals surface area (Å²) in [6, 6.07) is 2.51. The minimum atomic E-state index is -0.648. The molecule has 1 aromatic rings. The van der Waals surface area contributed by atoms with Gasteiger partial charge < -0.3 is 15.6 Å². The molecule has 7 heteroatoms. The van der Waals surface area contributed by atoms with Crippen molar-refractivity contribution in [3.05, 3.63) is 27.8 Å². The quantitative estimate of drug-likeness (QED) is 0.642. The van der Waals surface area contributed by atoms with Crippen LogP contribution in [0.1, 0.15) is 31.9 Å². The van der Waals surface area contributed by atoms with E-state index in [4.69, 9.17) is 10.5 Å². The molecule has 108 valence electrons. The summed E-state index contributed by atoms with van der Waals surface area (Å²) in [7, 11) is 1.34. The van der Waals surface area contributed by atoms with Gasteiger partial charge in [-0.05, 0) is 17.5 Å². The molecule has 0 amide bonds. The summed E-state index contributed by atoms with van der Waals surface area (Å²) >= 11 is 0. The highest BCUT2D eigenvalue weighted by atomic mass is 35.5. The van der Waals surface area contributed by atoms with Crippen molar-refractivity contribution in [3.8, 4) is 11.5 Å². The van der Waals surface area contributed by atoms with E-state index in [2.05, 4.69) is 0 Å². The number of benzene rings is 1. The first-order valence-corrected chi connectivity index (χ1v) is 5.73. The number of nitro benzene ring substituents is 1. The van der Waals surface area contributed by atoms with Crippen molar-refractivity contribution in [2.24, 2.45) is 11.7 Å². The Hall–Kier alpha value is -1.53. The molecule has 0 saturated carbocycles. The van der Waals surface area contributed by atoms with Gasteiger partial charge in [0.15, 0.2) is 5.75 Å². The van der Waals surface area contributed by atoms with Crippen molar-refractivity contribution in [3.63, 3.8) is 0 Å². The van der Waals surface area contributed by atoms with Crippen LogP contribution in [-0.2, 0) is 0 Å². The third-order valence-corrected chi connectivity index (χ3v) is 3.14. The molecule has 1 aromatic carbocycles. The Labute approximate surface area is 118 Å². The summed E-state index contributed by atoms with van der Waals surface area (Å²) in [6.45, 7) is 3.96. The molecule has 0 aliphatic carbocycles. The predicted octanol–water partition coefficient (Wildman–Crippen LogP) is 2.78. The molecule has 0 bridgehead atoms. The number of phenolic OH excluding ortho intramolecular Hbond substituents is 1. The monoisotopic (exact) mass is 290 g/mol. The highest BCUT2D eigenvalue weighted by Crippen LogP contribution is 2.39. The van der Waals surface area contributed by atoms with Gasteiger partial charge in [0.1, 0.15) is 0 Å². The van der Waals surface area contributed by atoms with Crippen molar-refractivity contribution >= 4 is 18.1 Å². The van der Waals surface area contributed by atoms with Gasteiger partial charge in [-0.2, -0.15) is 0 Å². The Morgan fingerprint density at radius 2 is 2.11 bits per heavy atom. The van der Waals surface area contributed by atoms with Gasteiger partial charge in [0.05, 0.1) is 12.0 Å². The van der Waals surface area contributed by atoms with Crippen LogP contribution < -0.4 is 10.5 Å². The molecule has 19 heavy (non-hydrogen) atoms. The lowest BCUT2D eigenvalue weighted by Gasteiger charge is -2.19. The molecule has 0 aromatic heterocycles. The molecular weight excluding hydrogens is 272 g/mol. The number of aromatic hydroxyl groups is 1. The van der Waals surface area contributed by atoms with E-state index in [0.29, 0.717) is 5.56 Å². The first kappa shape index (κ1) is 17.5. The zero-order valence-electron chi connectivity index (χ0n) is 11.1. The maximum absolute atomic E-state index is 10.9. The molecule has 6 nitrogen and oxygen atoms in total. The van der Waals surface area contributed by atoms with E-state index in [1.165, 1.54) is 13.2 Å². The van der Waals surface area contributed by atoms with E-state index in [9.17, 15) is 15.2 Å². The Morgan fingerprint density at radius 1 is 1.53 bits per heavy atom. The van der Waals surface area contributed by atoms with Crippen LogP contribution in [0.5, 0.6) is 11.5 Å². The summed E-state index contributed by atoms with van der Waals surface area (Å²) < 4.78 is 4.93. The van der Waals surface area contributed by atoms with Crippen molar-refractivity contribution in [1.29, 1.82) is 0 Å². The normalized spacial score (nSPS) is 13.3. The zero-order valence-corrected chi connectivity index (χ0v) is 11.9. The Bertz CT molecular complexity index is 454. The van der Waals surface area contributed by atoms with Crippen LogP contribution >= 0.6 is 12.4 Å². The number of methoxy groups -OCH3 is 1. The molecule has 0 fully saturated rings. The third-order valence-electron chi connectivity index (χ3n) is 3.14. The summed E-state index contributed by atoms with van der Waals surface area (Å²) in [5.74, 6) is -0.223. The van der Waals surface area contributed by atoms with E-state index in [0.717, 1.165) is 6.42 Å². The number of hydrogen-bond acceptors (Lipinski definition) is 5. The molecule has 3 N–H and O–H groups in total. The van der Waals surface area contributed by atoms with E-state index in [1.54, 1.807) is 6.07 Å². The van der Waals surface area contributed by atoms with Gasteiger partial charge in [-0.1, -0.05) is 20.3 Å². The fraction of sp³-hybridized carbons (Fsp3) is 0.500. The van der Waals surface area contributed by atoms with Crippen LogP contribution in [0.4, 0.5) is 5.69 Å². The van der Waals surface area contributed by atoms with Gasteiger partial charge >= 0.3 is 5.69 Å².